The quantitative estimate of drug-likeness (QED) is 0.622. The highest BCUT2D eigenvalue weighted by atomic mass is 32.2. The van der Waals surface area contributed by atoms with Crippen molar-refractivity contribution in [3.8, 4) is 0 Å². The normalized spacial score (nSPS) is 12.7. The van der Waals surface area contributed by atoms with E-state index >= 15 is 0 Å². The highest BCUT2D eigenvalue weighted by Crippen LogP contribution is 2.31. The van der Waals surface area contributed by atoms with Gasteiger partial charge in [0.15, 0.2) is 42.9 Å². The number of benzene rings is 1. The predicted molar refractivity (Wildman–Crippen MR) is 61.7 cm³/mol. The molecule has 0 saturated heterocycles. The zero-order chi connectivity index (χ0) is 15.9. The molecule has 0 N–H and O–H groups in total. The third kappa shape index (κ3) is 2.53. The second-order valence-corrected chi connectivity index (χ2v) is 8.15. The van der Waals surface area contributed by atoms with Crippen LogP contribution in [0.3, 0.4) is 0 Å². The summed E-state index contributed by atoms with van der Waals surface area (Å²) in [6, 6.07) is 0. The van der Waals surface area contributed by atoms with E-state index in [0.29, 0.717) is 0 Å². The standard InChI is InChI=1S/C10H10F4O4S2/c1-3-19(15,16)9-5(11)7(13)10(8(14)6(9)12)20(17,18)4-2/h3-4H2,1-2H3. The molecular formula is C10H10F4O4S2. The molecule has 0 saturated carbocycles. The van der Waals surface area contributed by atoms with E-state index in [2.05, 4.69) is 0 Å². The molecule has 4 nitrogen and oxygen atoms in total. The summed E-state index contributed by atoms with van der Waals surface area (Å²) >= 11 is 0. The van der Waals surface area contributed by atoms with Crippen molar-refractivity contribution < 1.29 is 34.4 Å². The third-order valence-corrected chi connectivity index (χ3v) is 6.05. The first-order chi connectivity index (χ1) is 9.01. The van der Waals surface area contributed by atoms with E-state index in [1.807, 2.05) is 0 Å². The monoisotopic (exact) mass is 334 g/mol. The first-order valence-electron chi connectivity index (χ1n) is 5.32. The molecule has 0 aliphatic rings. The van der Waals surface area contributed by atoms with Crippen molar-refractivity contribution in [2.75, 3.05) is 11.5 Å². The van der Waals surface area contributed by atoms with E-state index in [-0.39, 0.29) is 0 Å². The van der Waals surface area contributed by atoms with Gasteiger partial charge >= 0.3 is 0 Å². The smallest absolute Gasteiger partial charge is 0.184 e. The fourth-order valence-electron chi connectivity index (χ4n) is 1.43. The Bertz CT molecular complexity index is 660. The number of hydrogen-bond donors (Lipinski definition) is 0. The Labute approximate surface area is 113 Å². The van der Waals surface area contributed by atoms with Crippen LogP contribution in [0.2, 0.25) is 0 Å². The van der Waals surface area contributed by atoms with Crippen LogP contribution >= 0.6 is 0 Å². The van der Waals surface area contributed by atoms with Crippen LogP contribution in [0.4, 0.5) is 17.6 Å². The highest BCUT2D eigenvalue weighted by molar-refractivity contribution is 7.91. The second kappa shape index (κ2) is 5.32. The molecule has 1 rings (SSSR count). The van der Waals surface area contributed by atoms with Gasteiger partial charge in [-0.3, -0.25) is 0 Å². The Morgan fingerprint density at radius 1 is 0.650 bits per heavy atom. The first-order valence-corrected chi connectivity index (χ1v) is 8.63. The maximum atomic E-state index is 13.6. The summed E-state index contributed by atoms with van der Waals surface area (Å²) in [4.78, 5) is -3.60. The summed E-state index contributed by atoms with van der Waals surface area (Å²) in [5, 5.41) is 0. The molecule has 0 aliphatic carbocycles. The molecule has 0 amide bonds. The van der Waals surface area contributed by atoms with Gasteiger partial charge in [0.2, 0.25) is 0 Å². The Hall–Kier alpha value is -1.16. The van der Waals surface area contributed by atoms with Crippen LogP contribution in [-0.2, 0) is 19.7 Å². The Morgan fingerprint density at radius 2 is 0.850 bits per heavy atom. The number of rotatable bonds is 4. The second-order valence-electron chi connectivity index (χ2n) is 3.72. The van der Waals surface area contributed by atoms with Gasteiger partial charge in [0, 0.05) is 0 Å². The first kappa shape index (κ1) is 16.9. The topological polar surface area (TPSA) is 68.3 Å². The van der Waals surface area contributed by atoms with Crippen molar-refractivity contribution in [3.05, 3.63) is 23.3 Å². The lowest BCUT2D eigenvalue weighted by atomic mass is 10.3. The zero-order valence-electron chi connectivity index (χ0n) is 10.4. The average Bonchev–Trinajstić information content (AvgIpc) is 2.36. The van der Waals surface area contributed by atoms with Gasteiger partial charge in [-0.15, -0.1) is 0 Å². The molecule has 0 unspecified atom stereocenters. The molecule has 1 aromatic carbocycles. The summed E-state index contributed by atoms with van der Waals surface area (Å²) in [7, 11) is -9.20. The fraction of sp³-hybridized carbons (Fsp3) is 0.400. The van der Waals surface area contributed by atoms with Crippen LogP contribution in [0.15, 0.2) is 9.79 Å². The van der Waals surface area contributed by atoms with Gasteiger partial charge in [0.25, 0.3) is 0 Å². The van der Waals surface area contributed by atoms with Gasteiger partial charge in [-0.05, 0) is 0 Å². The summed E-state index contributed by atoms with van der Waals surface area (Å²) in [5.74, 6) is -10.6. The van der Waals surface area contributed by atoms with Crippen LogP contribution in [-0.4, -0.2) is 28.3 Å². The van der Waals surface area contributed by atoms with Crippen LogP contribution in [0.25, 0.3) is 0 Å². The molecule has 114 valence electrons. The van der Waals surface area contributed by atoms with Crippen molar-refractivity contribution >= 4 is 19.7 Å². The lowest BCUT2D eigenvalue weighted by molar-refractivity contribution is 0.390. The molecule has 0 spiro atoms. The minimum absolute atomic E-state index is 0.806. The van der Waals surface area contributed by atoms with Gasteiger partial charge < -0.3 is 0 Å². The van der Waals surface area contributed by atoms with E-state index in [0.717, 1.165) is 13.8 Å². The summed E-state index contributed by atoms with van der Waals surface area (Å²) < 4.78 is 100. The van der Waals surface area contributed by atoms with Crippen LogP contribution in [0.5, 0.6) is 0 Å². The number of hydrogen-bond acceptors (Lipinski definition) is 4. The van der Waals surface area contributed by atoms with E-state index in [1.165, 1.54) is 0 Å². The molecular weight excluding hydrogens is 324 g/mol. The van der Waals surface area contributed by atoms with Crippen molar-refractivity contribution in [1.29, 1.82) is 0 Å². The van der Waals surface area contributed by atoms with E-state index < -0.39 is 64.2 Å². The molecule has 0 aromatic heterocycles. The fourth-order valence-corrected chi connectivity index (χ4v) is 3.45. The maximum Gasteiger partial charge on any atom is 0.184 e. The average molecular weight is 334 g/mol. The molecule has 10 heteroatoms. The minimum atomic E-state index is -4.60. The van der Waals surface area contributed by atoms with Gasteiger partial charge in [-0.25, -0.2) is 34.4 Å². The largest absolute Gasteiger partial charge is 0.223 e. The molecule has 20 heavy (non-hydrogen) atoms. The SMILES string of the molecule is CCS(=O)(=O)c1c(F)c(F)c(S(=O)(=O)CC)c(F)c1F. The maximum absolute atomic E-state index is 13.6. The molecule has 0 radical (unpaired) electrons. The zero-order valence-corrected chi connectivity index (χ0v) is 12.0. The Balaban J connectivity index is 3.96. The summed E-state index contributed by atoms with van der Waals surface area (Å²) in [6.45, 7) is 2.03. The summed E-state index contributed by atoms with van der Waals surface area (Å²) in [5.41, 5.74) is 0. The lowest BCUT2D eigenvalue weighted by Crippen LogP contribution is -2.18. The Kier molecular flexibility index (Phi) is 4.49. The van der Waals surface area contributed by atoms with E-state index in [1.54, 1.807) is 0 Å². The molecule has 0 atom stereocenters. The third-order valence-electron chi connectivity index (χ3n) is 2.56. The van der Waals surface area contributed by atoms with Crippen molar-refractivity contribution in [2.24, 2.45) is 0 Å². The van der Waals surface area contributed by atoms with Crippen molar-refractivity contribution in [1.82, 2.24) is 0 Å². The van der Waals surface area contributed by atoms with Gasteiger partial charge in [0.1, 0.15) is 9.79 Å². The molecule has 0 aliphatic heterocycles. The number of sulfone groups is 2. The van der Waals surface area contributed by atoms with Crippen LogP contribution in [0, 0.1) is 23.3 Å². The lowest BCUT2D eigenvalue weighted by Gasteiger charge is -2.11. The highest BCUT2D eigenvalue weighted by Gasteiger charge is 2.36. The summed E-state index contributed by atoms with van der Waals surface area (Å²) in [6.07, 6.45) is 0. The van der Waals surface area contributed by atoms with Gasteiger partial charge in [-0.2, -0.15) is 0 Å². The van der Waals surface area contributed by atoms with E-state index in [4.69, 9.17) is 0 Å². The minimum Gasteiger partial charge on any atom is -0.223 e. The molecule has 0 heterocycles. The molecule has 0 bridgehead atoms. The molecule has 0 fully saturated rings. The van der Waals surface area contributed by atoms with E-state index in [9.17, 15) is 34.4 Å². The van der Waals surface area contributed by atoms with Crippen LogP contribution < -0.4 is 0 Å². The molecule has 1 aromatic rings. The van der Waals surface area contributed by atoms with Crippen LogP contribution in [0.1, 0.15) is 13.8 Å². The van der Waals surface area contributed by atoms with Gasteiger partial charge in [-0.1, -0.05) is 13.8 Å². The predicted octanol–water partition coefficient (Wildman–Crippen LogP) is 1.83. The Morgan fingerprint density at radius 3 is 1.00 bits per heavy atom. The number of halogens is 4. The van der Waals surface area contributed by atoms with Crippen molar-refractivity contribution in [2.45, 2.75) is 23.6 Å². The van der Waals surface area contributed by atoms with Crippen molar-refractivity contribution in [3.63, 3.8) is 0 Å². The van der Waals surface area contributed by atoms with Gasteiger partial charge in [0.05, 0.1) is 11.5 Å².